The van der Waals surface area contributed by atoms with Gasteiger partial charge in [-0.3, -0.25) is 15.0 Å². The minimum atomic E-state index is -0.477. The third-order valence-corrected chi connectivity index (χ3v) is 4.63. The number of ether oxygens (including phenoxy) is 1. The zero-order chi connectivity index (χ0) is 16.2. The quantitative estimate of drug-likeness (QED) is 0.632. The average Bonchev–Trinajstić information content (AvgIpc) is 2.72. The Hall–Kier alpha value is -2.15. The van der Waals surface area contributed by atoms with Gasteiger partial charge in [0.05, 0.1) is 4.92 Å². The Balaban J connectivity index is 1.54. The molecule has 1 saturated heterocycles. The molecule has 3 rings (SSSR count). The fourth-order valence-electron chi connectivity index (χ4n) is 3.04. The van der Waals surface area contributed by atoms with E-state index in [1.807, 2.05) is 0 Å². The first-order valence-corrected chi connectivity index (χ1v) is 8.09. The van der Waals surface area contributed by atoms with Crippen LogP contribution < -0.4 is 4.74 Å². The minimum Gasteiger partial charge on any atom is -0.410 e. The predicted octanol–water partition coefficient (Wildman–Crippen LogP) is 2.65. The van der Waals surface area contributed by atoms with E-state index in [1.165, 1.54) is 43.5 Å². The van der Waals surface area contributed by atoms with Crippen LogP contribution in [0, 0.1) is 10.1 Å². The molecule has 0 radical (unpaired) electrons. The fourth-order valence-corrected chi connectivity index (χ4v) is 3.04. The molecule has 0 atom stereocenters. The molecule has 0 spiro atoms. The Kier molecular flexibility index (Phi) is 4.76. The lowest BCUT2D eigenvalue weighted by Crippen LogP contribution is -2.43. The summed E-state index contributed by atoms with van der Waals surface area (Å²) in [5, 5.41) is 10.6. The number of nitro benzene ring substituents is 1. The molecule has 2 aliphatic rings. The van der Waals surface area contributed by atoms with E-state index in [0.29, 0.717) is 24.9 Å². The molecule has 0 N–H and O–H groups in total. The first-order chi connectivity index (χ1) is 11.1. The molecule has 1 aromatic carbocycles. The maximum Gasteiger partial charge on any atom is 0.415 e. The average molecular weight is 319 g/mol. The molecule has 7 nitrogen and oxygen atoms in total. The normalized spacial score (nSPS) is 19.7. The lowest BCUT2D eigenvalue weighted by atomic mass is 9.91. The molecule has 0 aromatic heterocycles. The van der Waals surface area contributed by atoms with Gasteiger partial charge in [0.1, 0.15) is 5.75 Å². The zero-order valence-electron chi connectivity index (χ0n) is 13.0. The summed E-state index contributed by atoms with van der Waals surface area (Å²) < 4.78 is 5.33. The molecule has 1 saturated carbocycles. The topological polar surface area (TPSA) is 75.9 Å². The standard InChI is InChI=1S/C16H21N3O4/c20-16(23-15-7-5-14(6-8-15)19(21)22)18-10-2-9-17(11-12-18)13-3-1-4-13/h5-8,13H,1-4,9-12H2. The molecular formula is C16H21N3O4. The van der Waals surface area contributed by atoms with E-state index in [2.05, 4.69) is 4.90 Å². The summed E-state index contributed by atoms with van der Waals surface area (Å²) in [5.74, 6) is 0.334. The molecule has 124 valence electrons. The Morgan fingerprint density at radius 1 is 1.09 bits per heavy atom. The van der Waals surface area contributed by atoms with Crippen LogP contribution in [0.25, 0.3) is 0 Å². The van der Waals surface area contributed by atoms with Crippen LogP contribution in [-0.4, -0.2) is 53.0 Å². The highest BCUT2D eigenvalue weighted by Crippen LogP contribution is 2.25. The van der Waals surface area contributed by atoms with E-state index in [0.717, 1.165) is 19.5 Å². The van der Waals surface area contributed by atoms with E-state index in [1.54, 1.807) is 4.90 Å². The number of hydrogen-bond donors (Lipinski definition) is 0. The Morgan fingerprint density at radius 2 is 1.83 bits per heavy atom. The number of carbonyl (C=O) groups excluding carboxylic acids is 1. The van der Waals surface area contributed by atoms with Gasteiger partial charge >= 0.3 is 6.09 Å². The molecule has 0 unspecified atom stereocenters. The van der Waals surface area contributed by atoms with Crippen LogP contribution in [0.5, 0.6) is 5.75 Å². The third kappa shape index (κ3) is 3.79. The van der Waals surface area contributed by atoms with Gasteiger partial charge in [0.15, 0.2) is 0 Å². The second kappa shape index (κ2) is 6.95. The molecule has 1 aliphatic carbocycles. The van der Waals surface area contributed by atoms with Crippen molar-refractivity contribution < 1.29 is 14.5 Å². The van der Waals surface area contributed by atoms with Gasteiger partial charge in [-0.05, 0) is 31.4 Å². The Labute approximate surface area is 135 Å². The van der Waals surface area contributed by atoms with Crippen LogP contribution in [0.4, 0.5) is 10.5 Å². The third-order valence-electron chi connectivity index (χ3n) is 4.63. The van der Waals surface area contributed by atoms with Crippen LogP contribution in [0.15, 0.2) is 24.3 Å². The summed E-state index contributed by atoms with van der Waals surface area (Å²) in [6.07, 6.45) is 4.42. The Bertz CT molecular complexity index is 571. The van der Waals surface area contributed by atoms with E-state index >= 15 is 0 Å². The van der Waals surface area contributed by atoms with Crippen molar-refractivity contribution in [1.29, 1.82) is 0 Å². The van der Waals surface area contributed by atoms with Crippen LogP contribution in [0.3, 0.4) is 0 Å². The van der Waals surface area contributed by atoms with Crippen LogP contribution in [-0.2, 0) is 0 Å². The maximum absolute atomic E-state index is 12.3. The molecule has 2 fully saturated rings. The first kappa shape index (κ1) is 15.7. The van der Waals surface area contributed by atoms with Crippen molar-refractivity contribution in [2.24, 2.45) is 0 Å². The van der Waals surface area contributed by atoms with Gasteiger partial charge in [0.25, 0.3) is 5.69 Å². The first-order valence-electron chi connectivity index (χ1n) is 8.09. The van der Waals surface area contributed by atoms with E-state index in [4.69, 9.17) is 4.74 Å². The number of rotatable bonds is 3. The summed E-state index contributed by atoms with van der Waals surface area (Å²) in [7, 11) is 0. The summed E-state index contributed by atoms with van der Waals surface area (Å²) in [6, 6.07) is 6.27. The number of hydrogen-bond acceptors (Lipinski definition) is 5. The lowest BCUT2D eigenvalue weighted by Gasteiger charge is -2.36. The van der Waals surface area contributed by atoms with Gasteiger partial charge in [-0.2, -0.15) is 0 Å². The van der Waals surface area contributed by atoms with Crippen molar-refractivity contribution in [2.45, 2.75) is 31.7 Å². The number of nitro groups is 1. The number of nitrogens with zero attached hydrogens (tertiary/aromatic N) is 3. The molecule has 1 aromatic rings. The molecule has 23 heavy (non-hydrogen) atoms. The minimum absolute atomic E-state index is 0.0179. The highest BCUT2D eigenvalue weighted by Gasteiger charge is 2.28. The summed E-state index contributed by atoms with van der Waals surface area (Å²) in [6.45, 7) is 3.28. The fraction of sp³-hybridized carbons (Fsp3) is 0.562. The van der Waals surface area contributed by atoms with Gasteiger partial charge in [-0.1, -0.05) is 6.42 Å². The summed E-state index contributed by atoms with van der Waals surface area (Å²) in [4.78, 5) is 26.6. The zero-order valence-corrected chi connectivity index (χ0v) is 13.0. The van der Waals surface area contributed by atoms with Crippen LogP contribution in [0.2, 0.25) is 0 Å². The van der Waals surface area contributed by atoms with Crippen molar-refractivity contribution in [1.82, 2.24) is 9.80 Å². The summed E-state index contributed by atoms with van der Waals surface area (Å²) in [5.41, 5.74) is -0.0179. The number of benzene rings is 1. The molecule has 7 heteroatoms. The number of amides is 1. The second-order valence-electron chi connectivity index (χ2n) is 6.08. The number of carbonyl (C=O) groups is 1. The van der Waals surface area contributed by atoms with Crippen LogP contribution in [0.1, 0.15) is 25.7 Å². The van der Waals surface area contributed by atoms with Gasteiger partial charge in [-0.25, -0.2) is 4.79 Å². The van der Waals surface area contributed by atoms with Crippen molar-refractivity contribution >= 4 is 11.8 Å². The lowest BCUT2D eigenvalue weighted by molar-refractivity contribution is -0.384. The number of non-ortho nitro benzene ring substituents is 1. The van der Waals surface area contributed by atoms with Gasteiger partial charge < -0.3 is 9.64 Å². The largest absolute Gasteiger partial charge is 0.415 e. The van der Waals surface area contributed by atoms with Crippen molar-refractivity contribution in [3.8, 4) is 5.75 Å². The Morgan fingerprint density at radius 3 is 2.43 bits per heavy atom. The molecule has 0 bridgehead atoms. The smallest absolute Gasteiger partial charge is 0.410 e. The maximum atomic E-state index is 12.3. The van der Waals surface area contributed by atoms with Crippen molar-refractivity contribution in [3.05, 3.63) is 34.4 Å². The van der Waals surface area contributed by atoms with Crippen LogP contribution >= 0.6 is 0 Å². The highest BCUT2D eigenvalue weighted by atomic mass is 16.6. The molecule has 1 aliphatic heterocycles. The monoisotopic (exact) mass is 319 g/mol. The van der Waals surface area contributed by atoms with Gasteiger partial charge in [0, 0.05) is 44.4 Å². The van der Waals surface area contributed by atoms with Crippen molar-refractivity contribution in [2.75, 3.05) is 26.2 Å². The van der Waals surface area contributed by atoms with E-state index < -0.39 is 4.92 Å². The highest BCUT2D eigenvalue weighted by molar-refractivity contribution is 5.70. The van der Waals surface area contributed by atoms with E-state index in [9.17, 15) is 14.9 Å². The van der Waals surface area contributed by atoms with Gasteiger partial charge in [0.2, 0.25) is 0 Å². The molecule has 1 heterocycles. The summed E-state index contributed by atoms with van der Waals surface area (Å²) >= 11 is 0. The predicted molar refractivity (Wildman–Crippen MR) is 84.5 cm³/mol. The molecule has 1 amide bonds. The second-order valence-corrected chi connectivity index (χ2v) is 6.08. The van der Waals surface area contributed by atoms with E-state index in [-0.39, 0.29) is 11.8 Å². The van der Waals surface area contributed by atoms with Crippen molar-refractivity contribution in [3.63, 3.8) is 0 Å². The molecular weight excluding hydrogens is 298 g/mol. The SMILES string of the molecule is O=C(Oc1ccc([N+](=O)[O-])cc1)N1CCCN(C2CCC2)CC1. The van der Waals surface area contributed by atoms with Gasteiger partial charge in [-0.15, -0.1) is 0 Å².